The van der Waals surface area contributed by atoms with Crippen LogP contribution in [0, 0.1) is 0 Å². The lowest BCUT2D eigenvalue weighted by Crippen LogP contribution is -2.38. The first-order valence-corrected chi connectivity index (χ1v) is 12.0. The number of aliphatic imine (C=N–C) groups is 1. The lowest BCUT2D eigenvalue weighted by molar-refractivity contribution is -0.136. The largest absolute Gasteiger partial charge is 0.497 e. The molecule has 1 amide bonds. The molecule has 9 heteroatoms. The molecule has 4 rings (SSSR count). The molecule has 1 atom stereocenters. The van der Waals surface area contributed by atoms with Crippen LogP contribution in [0.2, 0.25) is 0 Å². The second kappa shape index (κ2) is 11.1. The average Bonchev–Trinajstić information content (AvgIpc) is 3.27. The van der Waals surface area contributed by atoms with Crippen LogP contribution >= 0.6 is 11.8 Å². The molecule has 2 aromatic rings. The molecule has 0 radical (unpaired) electrons. The van der Waals surface area contributed by atoms with Crippen molar-refractivity contribution in [2.45, 2.75) is 19.4 Å². The number of ether oxygens (including phenoxy) is 3. The average molecular weight is 494 g/mol. The van der Waals surface area contributed by atoms with Gasteiger partial charge in [-0.05, 0) is 42.2 Å². The predicted octanol–water partition coefficient (Wildman–Crippen LogP) is 4.03. The number of fused-ring (bicyclic) bond motifs is 1. The predicted molar refractivity (Wildman–Crippen MR) is 135 cm³/mol. The van der Waals surface area contributed by atoms with E-state index in [1.54, 1.807) is 14.0 Å². The van der Waals surface area contributed by atoms with Crippen LogP contribution in [0.15, 0.2) is 82.0 Å². The standard InChI is InChI=1S/C26H27N3O5S/c1-17-23(25(31)33-3)24(18-8-7-11-21(14-18)32-2)29-19(16-35-26(29)28-17)15-22(30)27-12-13-34-20-9-5-4-6-10-20/h4-11,14,16,24H,12-13,15H2,1-3H3,(H,27,30)/t24-/m1/s1. The zero-order chi connectivity index (χ0) is 24.8. The summed E-state index contributed by atoms with van der Waals surface area (Å²) >= 11 is 1.43. The highest BCUT2D eigenvalue weighted by atomic mass is 32.2. The lowest BCUT2D eigenvalue weighted by Gasteiger charge is -2.36. The zero-order valence-corrected chi connectivity index (χ0v) is 20.6. The van der Waals surface area contributed by atoms with Crippen LogP contribution in [-0.4, -0.2) is 49.3 Å². The first-order valence-electron chi connectivity index (χ1n) is 11.1. The highest BCUT2D eigenvalue weighted by molar-refractivity contribution is 8.16. The van der Waals surface area contributed by atoms with Crippen molar-refractivity contribution in [1.82, 2.24) is 10.2 Å². The Morgan fingerprint density at radius 3 is 2.60 bits per heavy atom. The van der Waals surface area contributed by atoms with E-state index in [9.17, 15) is 9.59 Å². The number of hydrogen-bond donors (Lipinski definition) is 1. The fraction of sp³-hybridized carbons (Fsp3) is 0.269. The monoisotopic (exact) mass is 493 g/mol. The van der Waals surface area contributed by atoms with Crippen molar-refractivity contribution >= 4 is 28.8 Å². The van der Waals surface area contributed by atoms with Crippen LogP contribution in [0.5, 0.6) is 11.5 Å². The molecule has 0 aromatic heterocycles. The van der Waals surface area contributed by atoms with E-state index in [1.165, 1.54) is 18.9 Å². The number of carbonyl (C=O) groups excluding carboxylic acids is 2. The highest BCUT2D eigenvalue weighted by Crippen LogP contribution is 2.45. The maximum Gasteiger partial charge on any atom is 0.338 e. The Morgan fingerprint density at radius 2 is 1.86 bits per heavy atom. The van der Waals surface area contributed by atoms with Gasteiger partial charge < -0.3 is 24.4 Å². The summed E-state index contributed by atoms with van der Waals surface area (Å²) in [5.41, 5.74) is 2.59. The number of nitrogens with zero attached hydrogens (tertiary/aromatic N) is 2. The van der Waals surface area contributed by atoms with Crippen LogP contribution < -0.4 is 14.8 Å². The number of amidine groups is 1. The molecular formula is C26H27N3O5S. The number of para-hydroxylation sites is 1. The Balaban J connectivity index is 1.50. The first-order chi connectivity index (χ1) is 17.0. The molecule has 8 nitrogen and oxygen atoms in total. The number of thioether (sulfide) groups is 1. The zero-order valence-electron chi connectivity index (χ0n) is 19.8. The van der Waals surface area contributed by atoms with Gasteiger partial charge in [0.05, 0.1) is 44.5 Å². The van der Waals surface area contributed by atoms with Crippen molar-refractivity contribution in [1.29, 1.82) is 0 Å². The van der Waals surface area contributed by atoms with Gasteiger partial charge in [-0.15, -0.1) is 0 Å². The fourth-order valence-corrected chi connectivity index (χ4v) is 4.93. The van der Waals surface area contributed by atoms with E-state index in [-0.39, 0.29) is 12.3 Å². The van der Waals surface area contributed by atoms with Crippen molar-refractivity contribution in [2.75, 3.05) is 27.4 Å². The Labute approximate surface area is 208 Å². The first kappa shape index (κ1) is 24.4. The number of carbonyl (C=O) groups is 2. The molecule has 2 aromatic carbocycles. The topological polar surface area (TPSA) is 89.5 Å². The van der Waals surface area contributed by atoms with Gasteiger partial charge in [-0.3, -0.25) is 4.79 Å². The summed E-state index contributed by atoms with van der Waals surface area (Å²) in [6, 6.07) is 16.5. The highest BCUT2D eigenvalue weighted by Gasteiger charge is 2.41. The summed E-state index contributed by atoms with van der Waals surface area (Å²) in [7, 11) is 2.95. The third-order valence-corrected chi connectivity index (χ3v) is 6.48. The molecule has 2 aliphatic rings. The summed E-state index contributed by atoms with van der Waals surface area (Å²) in [6.07, 6.45) is 0.130. The number of amides is 1. The molecule has 0 unspecified atom stereocenters. The van der Waals surface area contributed by atoms with E-state index in [0.29, 0.717) is 35.3 Å². The summed E-state index contributed by atoms with van der Waals surface area (Å²) in [5, 5.41) is 5.51. The van der Waals surface area contributed by atoms with E-state index in [1.807, 2.05) is 64.9 Å². The maximum atomic E-state index is 12.8. The maximum absolute atomic E-state index is 12.8. The number of hydrogen-bond acceptors (Lipinski definition) is 8. The number of allylic oxidation sites excluding steroid dienone is 1. The quantitative estimate of drug-likeness (QED) is 0.417. The number of esters is 1. The normalized spacial score (nSPS) is 16.8. The van der Waals surface area contributed by atoms with Crippen molar-refractivity contribution in [2.24, 2.45) is 4.99 Å². The van der Waals surface area contributed by atoms with Crippen molar-refractivity contribution in [3.05, 3.63) is 82.5 Å². The Morgan fingerprint density at radius 1 is 1.09 bits per heavy atom. The molecule has 35 heavy (non-hydrogen) atoms. The molecule has 2 heterocycles. The molecule has 0 fully saturated rings. The third-order valence-electron chi connectivity index (χ3n) is 5.59. The molecule has 2 aliphatic heterocycles. The summed E-state index contributed by atoms with van der Waals surface area (Å²) in [5.74, 6) is 0.813. The second-order valence-electron chi connectivity index (χ2n) is 7.85. The van der Waals surface area contributed by atoms with E-state index in [0.717, 1.165) is 17.0 Å². The molecular weight excluding hydrogens is 466 g/mol. The summed E-state index contributed by atoms with van der Waals surface area (Å²) < 4.78 is 16.1. The third kappa shape index (κ3) is 5.51. The number of nitrogens with one attached hydrogen (secondary N) is 1. The number of methoxy groups -OCH3 is 2. The number of benzene rings is 2. The van der Waals surface area contributed by atoms with Gasteiger partial charge in [0.25, 0.3) is 0 Å². The lowest BCUT2D eigenvalue weighted by atomic mass is 9.93. The molecule has 0 saturated carbocycles. The van der Waals surface area contributed by atoms with Gasteiger partial charge in [0, 0.05) is 5.70 Å². The van der Waals surface area contributed by atoms with Crippen LogP contribution in [0.3, 0.4) is 0 Å². The fourth-order valence-electron chi connectivity index (χ4n) is 3.97. The van der Waals surface area contributed by atoms with Gasteiger partial charge in [0.15, 0.2) is 5.17 Å². The molecule has 0 saturated heterocycles. The Bertz CT molecular complexity index is 1190. The van der Waals surface area contributed by atoms with Gasteiger partial charge in [0.1, 0.15) is 18.1 Å². The van der Waals surface area contributed by atoms with Crippen LogP contribution in [0.25, 0.3) is 0 Å². The van der Waals surface area contributed by atoms with Crippen LogP contribution in [0.1, 0.15) is 24.9 Å². The Hall–Kier alpha value is -3.72. The van der Waals surface area contributed by atoms with Gasteiger partial charge in [-0.25, -0.2) is 9.79 Å². The van der Waals surface area contributed by atoms with Crippen molar-refractivity contribution < 1.29 is 23.8 Å². The minimum absolute atomic E-state index is 0.130. The van der Waals surface area contributed by atoms with E-state index >= 15 is 0 Å². The van der Waals surface area contributed by atoms with Crippen LogP contribution in [-0.2, 0) is 14.3 Å². The second-order valence-corrected chi connectivity index (χ2v) is 8.69. The minimum atomic E-state index is -0.500. The SMILES string of the molecule is COC(=O)C1=C(C)N=C2SC=C(CC(=O)NCCOc3ccccc3)N2[C@@H]1c1cccc(OC)c1. The van der Waals surface area contributed by atoms with Crippen molar-refractivity contribution in [3.8, 4) is 11.5 Å². The molecule has 1 N–H and O–H groups in total. The molecule has 0 spiro atoms. The smallest absolute Gasteiger partial charge is 0.338 e. The molecule has 0 bridgehead atoms. The summed E-state index contributed by atoms with van der Waals surface area (Å²) in [6.45, 7) is 2.53. The Kier molecular flexibility index (Phi) is 7.77. The van der Waals surface area contributed by atoms with E-state index < -0.39 is 12.0 Å². The van der Waals surface area contributed by atoms with E-state index in [4.69, 9.17) is 14.2 Å². The van der Waals surface area contributed by atoms with Gasteiger partial charge in [0.2, 0.25) is 5.91 Å². The molecule has 0 aliphatic carbocycles. The van der Waals surface area contributed by atoms with Crippen molar-refractivity contribution in [3.63, 3.8) is 0 Å². The minimum Gasteiger partial charge on any atom is -0.497 e. The van der Waals surface area contributed by atoms with Gasteiger partial charge in [-0.2, -0.15) is 0 Å². The number of rotatable bonds is 9. The van der Waals surface area contributed by atoms with Gasteiger partial charge in [-0.1, -0.05) is 42.1 Å². The van der Waals surface area contributed by atoms with E-state index in [2.05, 4.69) is 10.3 Å². The van der Waals surface area contributed by atoms with Crippen LogP contribution in [0.4, 0.5) is 0 Å². The molecule has 182 valence electrons. The van der Waals surface area contributed by atoms with Gasteiger partial charge >= 0.3 is 5.97 Å². The summed E-state index contributed by atoms with van der Waals surface area (Å²) in [4.78, 5) is 32.1.